The number of aliphatic imine (C=N–C) groups is 1. The normalized spacial score (nSPS) is 21.2. The van der Waals surface area contributed by atoms with Crippen molar-refractivity contribution in [3.05, 3.63) is 30.1 Å². The van der Waals surface area contributed by atoms with Crippen molar-refractivity contribution >= 4 is 11.6 Å². The van der Waals surface area contributed by atoms with E-state index in [1.807, 2.05) is 0 Å². The van der Waals surface area contributed by atoms with Gasteiger partial charge in [0.1, 0.15) is 5.82 Å². The van der Waals surface area contributed by atoms with Crippen LogP contribution in [-0.4, -0.2) is 18.0 Å². The van der Waals surface area contributed by atoms with Gasteiger partial charge in [-0.15, -0.1) is 0 Å². The van der Waals surface area contributed by atoms with E-state index in [0.717, 1.165) is 11.6 Å². The zero-order valence-corrected chi connectivity index (χ0v) is 13.9. The smallest absolute Gasteiger partial charge is 0.196 e. The Bertz CT molecular complexity index is 500. The highest BCUT2D eigenvalue weighted by Gasteiger charge is 2.17. The van der Waals surface area contributed by atoms with E-state index in [9.17, 15) is 4.39 Å². The number of hydrogen-bond donors (Lipinski definition) is 2. The monoisotopic (exact) mass is 317 g/mol. The molecule has 0 aliphatic heterocycles. The van der Waals surface area contributed by atoms with Gasteiger partial charge in [0, 0.05) is 11.7 Å². The molecule has 0 amide bonds. The summed E-state index contributed by atoms with van der Waals surface area (Å²) in [7, 11) is 0. The molecule has 0 radical (unpaired) electrons. The first kappa shape index (κ1) is 16.3. The molecule has 1 aromatic carbocycles. The van der Waals surface area contributed by atoms with E-state index in [4.69, 9.17) is 4.99 Å². The summed E-state index contributed by atoms with van der Waals surface area (Å²) in [5.74, 6) is 0.664. The van der Waals surface area contributed by atoms with Crippen LogP contribution in [0.1, 0.15) is 64.2 Å². The average Bonchev–Trinajstić information content (AvgIpc) is 2.59. The van der Waals surface area contributed by atoms with Crippen molar-refractivity contribution in [3.8, 4) is 0 Å². The van der Waals surface area contributed by atoms with E-state index in [-0.39, 0.29) is 5.82 Å². The van der Waals surface area contributed by atoms with Crippen LogP contribution in [0.15, 0.2) is 29.3 Å². The third-order valence-corrected chi connectivity index (χ3v) is 4.94. The van der Waals surface area contributed by atoms with Gasteiger partial charge < -0.3 is 10.6 Å². The van der Waals surface area contributed by atoms with Crippen molar-refractivity contribution in [1.82, 2.24) is 5.32 Å². The third-order valence-electron chi connectivity index (χ3n) is 4.94. The van der Waals surface area contributed by atoms with Gasteiger partial charge in [0.25, 0.3) is 0 Å². The molecule has 2 saturated carbocycles. The van der Waals surface area contributed by atoms with E-state index in [1.54, 1.807) is 12.1 Å². The number of hydrogen-bond acceptors (Lipinski definition) is 1. The third kappa shape index (κ3) is 5.22. The molecule has 0 aromatic heterocycles. The van der Waals surface area contributed by atoms with E-state index in [2.05, 4.69) is 10.6 Å². The molecule has 3 rings (SSSR count). The molecule has 0 saturated heterocycles. The standard InChI is InChI=1S/C19H28FN3/c20-15-11-13-18(14-12-15)23-19(21-16-7-3-1-4-8-16)22-17-9-5-2-6-10-17/h11-14,16-17H,1-10H2,(H2,21,22,23). The molecule has 2 fully saturated rings. The van der Waals surface area contributed by atoms with Crippen LogP contribution in [-0.2, 0) is 0 Å². The van der Waals surface area contributed by atoms with Gasteiger partial charge in [0.15, 0.2) is 5.96 Å². The highest BCUT2D eigenvalue weighted by molar-refractivity contribution is 5.93. The summed E-state index contributed by atoms with van der Waals surface area (Å²) < 4.78 is 13.1. The van der Waals surface area contributed by atoms with Crippen molar-refractivity contribution in [2.24, 2.45) is 4.99 Å². The summed E-state index contributed by atoms with van der Waals surface area (Å²) in [6.07, 6.45) is 12.6. The average molecular weight is 317 g/mol. The van der Waals surface area contributed by atoms with Crippen LogP contribution in [0, 0.1) is 5.82 Å². The molecule has 0 heterocycles. The van der Waals surface area contributed by atoms with E-state index in [0.29, 0.717) is 12.1 Å². The summed E-state index contributed by atoms with van der Waals surface area (Å²) in [5.41, 5.74) is 0.893. The SMILES string of the molecule is Fc1ccc(NC(=NC2CCCCC2)NC2CCCCC2)cc1. The van der Waals surface area contributed by atoms with Crippen LogP contribution in [0.5, 0.6) is 0 Å². The number of nitrogens with one attached hydrogen (secondary N) is 2. The van der Waals surface area contributed by atoms with Crippen LogP contribution in [0.3, 0.4) is 0 Å². The van der Waals surface area contributed by atoms with Crippen molar-refractivity contribution in [2.45, 2.75) is 76.3 Å². The van der Waals surface area contributed by atoms with Gasteiger partial charge in [-0.3, -0.25) is 0 Å². The lowest BCUT2D eigenvalue weighted by molar-refractivity contribution is 0.408. The number of benzene rings is 1. The molecule has 2 N–H and O–H groups in total. The summed E-state index contributed by atoms with van der Waals surface area (Å²) in [5, 5.41) is 6.98. The molecule has 2 aliphatic carbocycles. The Morgan fingerprint density at radius 2 is 1.48 bits per heavy atom. The molecule has 0 unspecified atom stereocenters. The van der Waals surface area contributed by atoms with Crippen molar-refractivity contribution in [2.75, 3.05) is 5.32 Å². The van der Waals surface area contributed by atoms with Crippen LogP contribution in [0.2, 0.25) is 0 Å². The van der Waals surface area contributed by atoms with Crippen LogP contribution in [0.25, 0.3) is 0 Å². The fourth-order valence-corrected chi connectivity index (χ4v) is 3.61. The van der Waals surface area contributed by atoms with E-state index >= 15 is 0 Å². The first-order valence-corrected chi connectivity index (χ1v) is 9.16. The van der Waals surface area contributed by atoms with Gasteiger partial charge in [-0.2, -0.15) is 0 Å². The van der Waals surface area contributed by atoms with E-state index in [1.165, 1.54) is 76.3 Å². The summed E-state index contributed by atoms with van der Waals surface area (Å²) in [4.78, 5) is 4.95. The second-order valence-corrected chi connectivity index (χ2v) is 6.88. The molecular weight excluding hydrogens is 289 g/mol. The summed E-state index contributed by atoms with van der Waals surface area (Å²) >= 11 is 0. The first-order chi connectivity index (χ1) is 11.3. The van der Waals surface area contributed by atoms with Crippen LogP contribution < -0.4 is 10.6 Å². The molecule has 23 heavy (non-hydrogen) atoms. The van der Waals surface area contributed by atoms with Gasteiger partial charge in [-0.25, -0.2) is 9.38 Å². The lowest BCUT2D eigenvalue weighted by Gasteiger charge is -2.27. The second kappa shape index (κ2) is 8.32. The number of guanidine groups is 1. The summed E-state index contributed by atoms with van der Waals surface area (Å²) in [6, 6.07) is 7.45. The van der Waals surface area contributed by atoms with Gasteiger partial charge in [-0.1, -0.05) is 38.5 Å². The maximum atomic E-state index is 13.1. The highest BCUT2D eigenvalue weighted by Crippen LogP contribution is 2.21. The Morgan fingerprint density at radius 1 is 0.870 bits per heavy atom. The number of nitrogens with zero attached hydrogens (tertiary/aromatic N) is 1. The predicted molar refractivity (Wildman–Crippen MR) is 94.3 cm³/mol. The Labute approximate surface area is 138 Å². The summed E-state index contributed by atoms with van der Waals surface area (Å²) in [6.45, 7) is 0. The maximum absolute atomic E-state index is 13.1. The second-order valence-electron chi connectivity index (χ2n) is 6.88. The lowest BCUT2D eigenvalue weighted by Crippen LogP contribution is -2.41. The minimum atomic E-state index is -0.207. The van der Waals surface area contributed by atoms with Crippen molar-refractivity contribution in [3.63, 3.8) is 0 Å². The topological polar surface area (TPSA) is 36.4 Å². The van der Waals surface area contributed by atoms with Gasteiger partial charge >= 0.3 is 0 Å². The molecule has 1 aromatic rings. The van der Waals surface area contributed by atoms with Crippen molar-refractivity contribution in [1.29, 1.82) is 0 Å². The zero-order valence-electron chi connectivity index (χ0n) is 13.9. The molecule has 3 nitrogen and oxygen atoms in total. The minimum absolute atomic E-state index is 0.207. The Balaban J connectivity index is 1.68. The fraction of sp³-hybridized carbons (Fsp3) is 0.632. The van der Waals surface area contributed by atoms with Gasteiger partial charge in [0.2, 0.25) is 0 Å². The lowest BCUT2D eigenvalue weighted by atomic mass is 9.95. The van der Waals surface area contributed by atoms with Gasteiger partial charge in [0.05, 0.1) is 6.04 Å². The molecule has 2 aliphatic rings. The predicted octanol–water partition coefficient (Wildman–Crippen LogP) is 4.85. The Kier molecular flexibility index (Phi) is 5.89. The fourth-order valence-electron chi connectivity index (χ4n) is 3.61. The Morgan fingerprint density at radius 3 is 2.13 bits per heavy atom. The van der Waals surface area contributed by atoms with E-state index < -0.39 is 0 Å². The van der Waals surface area contributed by atoms with Crippen LogP contribution >= 0.6 is 0 Å². The number of rotatable bonds is 3. The molecular formula is C19H28FN3. The molecule has 0 bridgehead atoms. The molecule has 0 spiro atoms. The quantitative estimate of drug-likeness (QED) is 0.617. The van der Waals surface area contributed by atoms with Gasteiger partial charge in [-0.05, 0) is 49.9 Å². The largest absolute Gasteiger partial charge is 0.353 e. The van der Waals surface area contributed by atoms with Crippen molar-refractivity contribution < 1.29 is 4.39 Å². The maximum Gasteiger partial charge on any atom is 0.196 e. The number of halogens is 1. The highest BCUT2D eigenvalue weighted by atomic mass is 19.1. The minimum Gasteiger partial charge on any atom is -0.353 e. The van der Waals surface area contributed by atoms with Crippen LogP contribution in [0.4, 0.5) is 10.1 Å². The molecule has 4 heteroatoms. The number of anilines is 1. The Hall–Kier alpha value is -1.58. The molecule has 126 valence electrons. The zero-order chi connectivity index (χ0) is 15.9. The first-order valence-electron chi connectivity index (χ1n) is 9.16. The molecule has 0 atom stereocenters.